The highest BCUT2D eigenvalue weighted by Crippen LogP contribution is 2.18. The van der Waals surface area contributed by atoms with Crippen molar-refractivity contribution in [2.24, 2.45) is 10.9 Å². The normalized spacial score (nSPS) is 16.9. The number of amides is 1. The summed E-state index contributed by atoms with van der Waals surface area (Å²) in [6, 6.07) is 9.76. The Labute approximate surface area is 178 Å². The molecule has 1 unspecified atom stereocenters. The van der Waals surface area contributed by atoms with Gasteiger partial charge in [-0.1, -0.05) is 30.3 Å². The van der Waals surface area contributed by atoms with Crippen LogP contribution < -0.4 is 10.6 Å². The van der Waals surface area contributed by atoms with Crippen LogP contribution in [0.15, 0.2) is 35.3 Å². The van der Waals surface area contributed by atoms with Crippen molar-refractivity contribution in [1.82, 2.24) is 15.5 Å². The number of nitrogens with zero attached hydrogens (tertiary/aromatic N) is 2. The summed E-state index contributed by atoms with van der Waals surface area (Å²) in [5, 5.41) is 5.95. The number of guanidine groups is 1. The smallest absolute Gasteiger partial charge is 0.310 e. The lowest BCUT2D eigenvalue weighted by Gasteiger charge is -2.33. The molecule has 8 heteroatoms. The maximum absolute atomic E-state index is 12.1. The van der Waals surface area contributed by atoms with Gasteiger partial charge < -0.3 is 20.3 Å². The number of hydrogen-bond donors (Lipinski definition) is 2. The van der Waals surface area contributed by atoms with Crippen molar-refractivity contribution in [2.45, 2.75) is 26.3 Å². The summed E-state index contributed by atoms with van der Waals surface area (Å²) < 4.78 is 5.13. The van der Waals surface area contributed by atoms with Crippen LogP contribution in [-0.4, -0.2) is 56.0 Å². The summed E-state index contributed by atoms with van der Waals surface area (Å²) in [4.78, 5) is 30.3. The minimum absolute atomic E-state index is 0. The number of benzene rings is 1. The van der Waals surface area contributed by atoms with Crippen molar-refractivity contribution < 1.29 is 14.3 Å². The molecule has 1 aliphatic rings. The van der Waals surface area contributed by atoms with E-state index >= 15 is 0 Å². The average Bonchev–Trinajstić information content (AvgIpc) is 2.68. The minimum atomic E-state index is -0.159. The number of halogens is 1. The molecular weight excluding hydrogens is 459 g/mol. The topological polar surface area (TPSA) is 83.0 Å². The van der Waals surface area contributed by atoms with Gasteiger partial charge in [-0.25, -0.2) is 0 Å². The molecule has 1 amide bonds. The molecule has 1 atom stereocenters. The van der Waals surface area contributed by atoms with Crippen LogP contribution in [0.5, 0.6) is 0 Å². The van der Waals surface area contributed by atoms with Crippen LogP contribution in [0.25, 0.3) is 0 Å². The predicted molar refractivity (Wildman–Crippen MR) is 116 cm³/mol. The summed E-state index contributed by atoms with van der Waals surface area (Å²) in [7, 11) is 1.68. The lowest BCUT2D eigenvalue weighted by atomic mass is 9.98. The molecule has 1 fully saturated rings. The summed E-state index contributed by atoms with van der Waals surface area (Å²) >= 11 is 0. The Morgan fingerprint density at radius 1 is 1.26 bits per heavy atom. The molecule has 2 N–H and O–H groups in total. The third-order valence-corrected chi connectivity index (χ3v) is 4.29. The van der Waals surface area contributed by atoms with Gasteiger partial charge in [-0.15, -0.1) is 24.0 Å². The third-order valence-electron chi connectivity index (χ3n) is 4.29. The highest BCUT2D eigenvalue weighted by molar-refractivity contribution is 14.0. The molecular formula is C19H29IN4O3. The second kappa shape index (κ2) is 12.5. The Morgan fingerprint density at radius 3 is 2.67 bits per heavy atom. The number of aliphatic imine (C=N–C) groups is 1. The van der Waals surface area contributed by atoms with Crippen LogP contribution in [0.2, 0.25) is 0 Å². The zero-order chi connectivity index (χ0) is 18.8. The number of carbonyl (C=O) groups excluding carboxylic acids is 2. The quantitative estimate of drug-likeness (QED) is 0.276. The monoisotopic (exact) mass is 488 g/mol. The Balaban J connectivity index is 0.00000364. The number of rotatable bonds is 6. The van der Waals surface area contributed by atoms with Gasteiger partial charge in [-0.05, 0) is 25.3 Å². The first-order valence-corrected chi connectivity index (χ1v) is 9.07. The molecule has 0 saturated carbocycles. The maximum atomic E-state index is 12.1. The Kier molecular flexibility index (Phi) is 10.8. The van der Waals surface area contributed by atoms with E-state index in [1.807, 2.05) is 42.2 Å². The van der Waals surface area contributed by atoms with Crippen LogP contribution in [-0.2, 0) is 20.9 Å². The van der Waals surface area contributed by atoms with E-state index in [0.29, 0.717) is 25.7 Å². The highest BCUT2D eigenvalue weighted by Gasteiger charge is 2.28. The number of esters is 1. The molecule has 1 heterocycles. The molecule has 1 aliphatic heterocycles. The molecule has 1 aromatic carbocycles. The van der Waals surface area contributed by atoms with E-state index in [9.17, 15) is 9.59 Å². The zero-order valence-corrected chi connectivity index (χ0v) is 18.3. The van der Waals surface area contributed by atoms with Gasteiger partial charge in [-0.3, -0.25) is 14.6 Å². The summed E-state index contributed by atoms with van der Waals surface area (Å²) in [6.07, 6.45) is 1.72. The number of nitrogens with one attached hydrogen (secondary N) is 2. The predicted octanol–water partition coefficient (Wildman–Crippen LogP) is 1.77. The number of carbonyl (C=O) groups is 2. The average molecular weight is 488 g/mol. The third kappa shape index (κ3) is 7.74. The molecule has 2 rings (SSSR count). The molecule has 1 saturated heterocycles. The van der Waals surface area contributed by atoms with Crippen molar-refractivity contribution in [3.8, 4) is 0 Å². The van der Waals surface area contributed by atoms with E-state index in [4.69, 9.17) is 4.74 Å². The van der Waals surface area contributed by atoms with Crippen molar-refractivity contribution in [1.29, 1.82) is 0 Å². The molecule has 0 radical (unpaired) electrons. The van der Waals surface area contributed by atoms with Gasteiger partial charge in [0.05, 0.1) is 19.1 Å². The van der Waals surface area contributed by atoms with Gasteiger partial charge in [0, 0.05) is 26.7 Å². The second-order valence-electron chi connectivity index (χ2n) is 6.20. The first kappa shape index (κ1) is 23.2. The van der Waals surface area contributed by atoms with Crippen molar-refractivity contribution >= 4 is 41.8 Å². The molecule has 7 nitrogen and oxygen atoms in total. The fourth-order valence-electron chi connectivity index (χ4n) is 2.97. The van der Waals surface area contributed by atoms with Gasteiger partial charge in [0.2, 0.25) is 5.91 Å². The fourth-order valence-corrected chi connectivity index (χ4v) is 2.97. The van der Waals surface area contributed by atoms with Crippen LogP contribution in [0.4, 0.5) is 0 Å². The van der Waals surface area contributed by atoms with Crippen LogP contribution in [0.3, 0.4) is 0 Å². The van der Waals surface area contributed by atoms with Crippen molar-refractivity contribution in [3.63, 3.8) is 0 Å². The molecule has 1 aromatic rings. The molecule has 0 aliphatic carbocycles. The SMILES string of the molecule is CCOC(=O)C1CCCN(C(=NC)NCC(=O)NCc2ccccc2)C1.I. The Bertz CT molecular complexity index is 625. The van der Waals surface area contributed by atoms with Gasteiger partial charge in [0.25, 0.3) is 0 Å². The summed E-state index contributed by atoms with van der Waals surface area (Å²) in [5.74, 6) is 0.227. The van der Waals surface area contributed by atoms with E-state index in [2.05, 4.69) is 15.6 Å². The highest BCUT2D eigenvalue weighted by atomic mass is 127. The summed E-state index contributed by atoms with van der Waals surface area (Å²) in [6.45, 7) is 4.21. The zero-order valence-electron chi connectivity index (χ0n) is 15.9. The van der Waals surface area contributed by atoms with Gasteiger partial charge in [0.1, 0.15) is 0 Å². The molecule has 0 aromatic heterocycles. The lowest BCUT2D eigenvalue weighted by molar-refractivity contribution is -0.149. The van der Waals surface area contributed by atoms with Gasteiger partial charge >= 0.3 is 5.97 Å². The first-order chi connectivity index (χ1) is 12.6. The van der Waals surface area contributed by atoms with Crippen LogP contribution in [0.1, 0.15) is 25.3 Å². The molecule has 27 heavy (non-hydrogen) atoms. The first-order valence-electron chi connectivity index (χ1n) is 9.07. The van der Waals surface area contributed by atoms with Crippen LogP contribution >= 0.6 is 24.0 Å². The van der Waals surface area contributed by atoms with E-state index in [-0.39, 0.29) is 48.3 Å². The minimum Gasteiger partial charge on any atom is -0.466 e. The summed E-state index contributed by atoms with van der Waals surface area (Å²) in [5.41, 5.74) is 1.05. The van der Waals surface area contributed by atoms with E-state index in [1.165, 1.54) is 0 Å². The second-order valence-corrected chi connectivity index (χ2v) is 6.20. The van der Waals surface area contributed by atoms with Crippen molar-refractivity contribution in [2.75, 3.05) is 33.3 Å². The maximum Gasteiger partial charge on any atom is 0.310 e. The van der Waals surface area contributed by atoms with Crippen LogP contribution in [0, 0.1) is 5.92 Å². The Morgan fingerprint density at radius 2 is 2.00 bits per heavy atom. The number of piperidine rings is 1. The van der Waals surface area contributed by atoms with Gasteiger partial charge in [-0.2, -0.15) is 0 Å². The molecule has 0 spiro atoms. The largest absolute Gasteiger partial charge is 0.466 e. The van der Waals surface area contributed by atoms with E-state index < -0.39 is 0 Å². The molecule has 0 bridgehead atoms. The van der Waals surface area contributed by atoms with Crippen molar-refractivity contribution in [3.05, 3.63) is 35.9 Å². The van der Waals surface area contributed by atoms with Gasteiger partial charge in [0.15, 0.2) is 5.96 Å². The standard InChI is InChI=1S/C19H28N4O3.HI/c1-3-26-18(25)16-10-7-11-23(14-16)19(20-2)22-13-17(24)21-12-15-8-5-4-6-9-15;/h4-6,8-9,16H,3,7,10-14H2,1-2H3,(H,20,22)(H,21,24);1H. The fraction of sp³-hybridized carbons (Fsp3) is 0.526. The molecule has 150 valence electrons. The number of likely N-dealkylation sites (tertiary alicyclic amines) is 1. The number of ether oxygens (including phenoxy) is 1. The number of hydrogen-bond acceptors (Lipinski definition) is 4. The van der Waals surface area contributed by atoms with E-state index in [1.54, 1.807) is 7.05 Å². The Hall–Kier alpha value is -1.84. The lowest BCUT2D eigenvalue weighted by Crippen LogP contribution is -2.50. The van der Waals surface area contributed by atoms with E-state index in [0.717, 1.165) is 24.9 Å².